The maximum absolute atomic E-state index is 12.3. The van der Waals surface area contributed by atoms with Crippen LogP contribution in [0.4, 0.5) is 0 Å². The summed E-state index contributed by atoms with van der Waals surface area (Å²) in [7, 11) is 1.56. The minimum atomic E-state index is -0.390. The predicted molar refractivity (Wildman–Crippen MR) is 79.5 cm³/mol. The van der Waals surface area contributed by atoms with E-state index in [4.69, 9.17) is 18.9 Å². The maximum Gasteiger partial charge on any atom is 0.340 e. The first kappa shape index (κ1) is 14.6. The molecule has 0 N–H and O–H groups in total. The number of ether oxygens (including phenoxy) is 4. The van der Waals surface area contributed by atoms with Gasteiger partial charge in [0, 0.05) is 18.6 Å². The summed E-state index contributed by atoms with van der Waals surface area (Å²) >= 11 is 0. The van der Waals surface area contributed by atoms with Crippen LogP contribution in [-0.2, 0) is 9.47 Å². The summed E-state index contributed by atoms with van der Waals surface area (Å²) in [6, 6.07) is 3.68. The van der Waals surface area contributed by atoms with E-state index in [2.05, 4.69) is 4.98 Å². The zero-order chi connectivity index (χ0) is 15.7. The average Bonchev–Trinajstić information content (AvgIpc) is 2.93. The maximum atomic E-state index is 12.3. The lowest BCUT2D eigenvalue weighted by Crippen LogP contribution is -2.13. The first-order chi connectivity index (χ1) is 10.6. The third kappa shape index (κ3) is 2.46. The fraction of sp³-hybridized carbons (Fsp3) is 0.375. The van der Waals surface area contributed by atoms with Crippen LogP contribution in [0.15, 0.2) is 12.1 Å². The summed E-state index contributed by atoms with van der Waals surface area (Å²) in [5.41, 5.74) is 2.71. The van der Waals surface area contributed by atoms with Crippen LogP contribution in [-0.4, -0.2) is 38.1 Å². The lowest BCUT2D eigenvalue weighted by molar-refractivity contribution is 0.0386. The van der Waals surface area contributed by atoms with Crippen LogP contribution < -0.4 is 9.47 Å². The van der Waals surface area contributed by atoms with E-state index < -0.39 is 0 Å². The Morgan fingerprint density at radius 1 is 1.23 bits per heavy atom. The normalized spacial score (nSPS) is 12.7. The number of carbonyl (C=O) groups is 1. The number of fused-ring (bicyclic) bond motifs is 2. The molecule has 1 aliphatic heterocycles. The van der Waals surface area contributed by atoms with Gasteiger partial charge in [-0.15, -0.1) is 0 Å². The van der Waals surface area contributed by atoms with E-state index in [9.17, 15) is 4.79 Å². The van der Waals surface area contributed by atoms with Crippen molar-refractivity contribution in [3.63, 3.8) is 0 Å². The highest BCUT2D eigenvalue weighted by Gasteiger charge is 2.21. The molecule has 6 nitrogen and oxygen atoms in total. The number of aromatic nitrogens is 1. The molecule has 0 bridgehead atoms. The van der Waals surface area contributed by atoms with Crippen molar-refractivity contribution in [2.75, 3.05) is 27.1 Å². The van der Waals surface area contributed by atoms with Gasteiger partial charge in [0.05, 0.1) is 23.4 Å². The average molecular weight is 303 g/mol. The molecular weight excluding hydrogens is 286 g/mol. The molecule has 0 amide bonds. The zero-order valence-electron chi connectivity index (χ0n) is 12.8. The molecule has 0 radical (unpaired) electrons. The molecule has 116 valence electrons. The van der Waals surface area contributed by atoms with Gasteiger partial charge in [0.25, 0.3) is 0 Å². The van der Waals surface area contributed by atoms with Crippen LogP contribution in [0, 0.1) is 13.8 Å². The minimum Gasteiger partial charge on any atom is -0.460 e. The van der Waals surface area contributed by atoms with Crippen molar-refractivity contribution in [2.24, 2.45) is 0 Å². The molecule has 0 fully saturated rings. The third-order valence-corrected chi connectivity index (χ3v) is 3.64. The predicted octanol–water partition coefficient (Wildman–Crippen LogP) is 2.38. The number of rotatable bonds is 4. The molecule has 0 saturated heterocycles. The lowest BCUT2D eigenvalue weighted by Gasteiger charge is -2.12. The number of methoxy groups -OCH3 is 1. The van der Waals surface area contributed by atoms with Gasteiger partial charge >= 0.3 is 5.97 Å². The second-order valence-corrected chi connectivity index (χ2v) is 5.05. The van der Waals surface area contributed by atoms with Gasteiger partial charge in [-0.25, -0.2) is 4.79 Å². The van der Waals surface area contributed by atoms with Crippen LogP contribution >= 0.6 is 0 Å². The Hall–Kier alpha value is -2.34. The molecule has 3 rings (SSSR count). The molecule has 0 unspecified atom stereocenters. The minimum absolute atomic E-state index is 0.204. The van der Waals surface area contributed by atoms with Gasteiger partial charge < -0.3 is 18.9 Å². The summed E-state index contributed by atoms with van der Waals surface area (Å²) in [4.78, 5) is 16.8. The Labute approximate surface area is 127 Å². The number of aryl methyl sites for hydroxylation is 2. The molecule has 6 heteroatoms. The van der Waals surface area contributed by atoms with Crippen molar-refractivity contribution in [1.82, 2.24) is 4.98 Å². The van der Waals surface area contributed by atoms with Crippen molar-refractivity contribution in [1.29, 1.82) is 0 Å². The molecule has 1 aromatic heterocycles. The highest BCUT2D eigenvalue weighted by atomic mass is 16.7. The number of carbonyl (C=O) groups excluding carboxylic acids is 1. The second-order valence-electron chi connectivity index (χ2n) is 5.05. The fourth-order valence-electron chi connectivity index (χ4n) is 2.56. The summed E-state index contributed by atoms with van der Waals surface area (Å²) in [5, 5.41) is 0.855. The fourth-order valence-corrected chi connectivity index (χ4v) is 2.56. The summed E-state index contributed by atoms with van der Waals surface area (Å²) < 4.78 is 20.8. The number of benzene rings is 1. The smallest absolute Gasteiger partial charge is 0.340 e. The summed E-state index contributed by atoms with van der Waals surface area (Å²) in [6.07, 6.45) is 0. The largest absolute Gasteiger partial charge is 0.460 e. The van der Waals surface area contributed by atoms with Crippen LogP contribution in [0.3, 0.4) is 0 Å². The quantitative estimate of drug-likeness (QED) is 0.638. The lowest BCUT2D eigenvalue weighted by atomic mass is 10.0. The standard InChI is InChI=1S/C16H17NO5/c1-9-11-6-13-14(22-8-21-13)7-12(11)17-10(2)15(9)16(18)20-5-4-19-3/h6-7H,4-5,8H2,1-3H3. The molecule has 0 saturated carbocycles. The molecule has 0 atom stereocenters. The number of esters is 1. The number of nitrogens with zero attached hydrogens (tertiary/aromatic N) is 1. The Balaban J connectivity index is 2.04. The van der Waals surface area contributed by atoms with Crippen molar-refractivity contribution in [3.05, 3.63) is 29.0 Å². The number of hydrogen-bond acceptors (Lipinski definition) is 6. The molecule has 2 heterocycles. The second kappa shape index (κ2) is 5.81. The molecule has 2 aromatic rings. The van der Waals surface area contributed by atoms with E-state index in [1.54, 1.807) is 14.0 Å². The van der Waals surface area contributed by atoms with Gasteiger partial charge in [-0.2, -0.15) is 0 Å². The van der Waals surface area contributed by atoms with E-state index in [1.807, 2.05) is 19.1 Å². The highest BCUT2D eigenvalue weighted by molar-refractivity contribution is 5.99. The van der Waals surface area contributed by atoms with Crippen molar-refractivity contribution < 1.29 is 23.7 Å². The summed E-state index contributed by atoms with van der Waals surface area (Å²) in [6.45, 7) is 4.46. The third-order valence-electron chi connectivity index (χ3n) is 3.64. The Bertz CT molecular complexity index is 741. The Kier molecular flexibility index (Phi) is 3.85. The molecule has 1 aliphatic rings. The van der Waals surface area contributed by atoms with Crippen LogP contribution in [0.25, 0.3) is 10.9 Å². The van der Waals surface area contributed by atoms with E-state index in [0.717, 1.165) is 16.5 Å². The number of hydrogen-bond donors (Lipinski definition) is 0. The van der Waals surface area contributed by atoms with Crippen LogP contribution in [0.1, 0.15) is 21.6 Å². The first-order valence-electron chi connectivity index (χ1n) is 6.98. The first-order valence-corrected chi connectivity index (χ1v) is 6.98. The molecule has 1 aromatic carbocycles. The topological polar surface area (TPSA) is 66.9 Å². The van der Waals surface area contributed by atoms with Gasteiger partial charge in [0.1, 0.15) is 6.61 Å². The monoisotopic (exact) mass is 303 g/mol. The van der Waals surface area contributed by atoms with E-state index >= 15 is 0 Å². The van der Waals surface area contributed by atoms with Gasteiger partial charge in [-0.1, -0.05) is 0 Å². The molecule has 0 spiro atoms. The van der Waals surface area contributed by atoms with Gasteiger partial charge in [0.15, 0.2) is 11.5 Å². The Morgan fingerprint density at radius 2 is 1.95 bits per heavy atom. The van der Waals surface area contributed by atoms with Crippen molar-refractivity contribution in [2.45, 2.75) is 13.8 Å². The molecule has 22 heavy (non-hydrogen) atoms. The van der Waals surface area contributed by atoms with Crippen LogP contribution in [0.5, 0.6) is 11.5 Å². The summed E-state index contributed by atoms with van der Waals surface area (Å²) in [5.74, 6) is 0.952. The van der Waals surface area contributed by atoms with E-state index in [-0.39, 0.29) is 19.4 Å². The molecule has 0 aliphatic carbocycles. The SMILES string of the molecule is COCCOC(=O)c1c(C)nc2cc3c(cc2c1C)OCO3. The van der Waals surface area contributed by atoms with Gasteiger partial charge in [0.2, 0.25) is 6.79 Å². The zero-order valence-corrected chi connectivity index (χ0v) is 12.8. The highest BCUT2D eigenvalue weighted by Crippen LogP contribution is 2.37. The van der Waals surface area contributed by atoms with Gasteiger partial charge in [-0.05, 0) is 25.5 Å². The van der Waals surface area contributed by atoms with Crippen molar-refractivity contribution >= 4 is 16.9 Å². The van der Waals surface area contributed by atoms with Gasteiger partial charge in [-0.3, -0.25) is 4.98 Å². The number of pyridine rings is 1. The molecular formula is C16H17NO5. The van der Waals surface area contributed by atoms with E-state index in [0.29, 0.717) is 29.4 Å². The van der Waals surface area contributed by atoms with Crippen molar-refractivity contribution in [3.8, 4) is 11.5 Å². The Morgan fingerprint density at radius 3 is 2.68 bits per heavy atom. The van der Waals surface area contributed by atoms with E-state index in [1.165, 1.54) is 0 Å². The van der Waals surface area contributed by atoms with Crippen LogP contribution in [0.2, 0.25) is 0 Å².